The van der Waals surface area contributed by atoms with E-state index < -0.39 is 28.6 Å². The lowest BCUT2D eigenvalue weighted by Gasteiger charge is -2.38. The first-order valence-electron chi connectivity index (χ1n) is 9.50. The number of pyridine rings is 2. The first kappa shape index (κ1) is 22.6. The molecule has 0 aliphatic carbocycles. The van der Waals surface area contributed by atoms with Crippen LogP contribution in [0, 0.1) is 11.6 Å². The van der Waals surface area contributed by atoms with Crippen molar-refractivity contribution < 1.29 is 18.7 Å². The van der Waals surface area contributed by atoms with Crippen LogP contribution in [0.25, 0.3) is 22.2 Å². The van der Waals surface area contributed by atoms with Gasteiger partial charge in [0.1, 0.15) is 17.2 Å². The molecule has 3 aromatic rings. The highest BCUT2D eigenvalue weighted by Crippen LogP contribution is 2.38. The Labute approximate surface area is 182 Å². The zero-order chi connectivity index (χ0) is 21.6. The van der Waals surface area contributed by atoms with Gasteiger partial charge in [0.05, 0.1) is 34.0 Å². The maximum absolute atomic E-state index is 15.4. The molecular formula is C21H21ClF2N4O3. The lowest BCUT2D eigenvalue weighted by Crippen LogP contribution is -2.54. The predicted octanol–water partition coefficient (Wildman–Crippen LogP) is 3.17. The zero-order valence-electron chi connectivity index (χ0n) is 16.8. The van der Waals surface area contributed by atoms with Crippen LogP contribution in [0.3, 0.4) is 0 Å². The predicted molar refractivity (Wildman–Crippen MR) is 116 cm³/mol. The molecule has 3 N–H and O–H groups in total. The second-order valence-electron chi connectivity index (χ2n) is 7.58. The highest BCUT2D eigenvalue weighted by molar-refractivity contribution is 6.02. The van der Waals surface area contributed by atoms with E-state index in [1.165, 1.54) is 12.1 Å². The normalized spacial score (nSPS) is 18.6. The van der Waals surface area contributed by atoms with E-state index in [9.17, 15) is 19.1 Å². The summed E-state index contributed by atoms with van der Waals surface area (Å²) in [4.78, 5) is 32.8. The number of anilines is 1. The quantitative estimate of drug-likeness (QED) is 0.567. The molecule has 164 valence electrons. The van der Waals surface area contributed by atoms with Gasteiger partial charge in [-0.1, -0.05) is 0 Å². The van der Waals surface area contributed by atoms with Gasteiger partial charge in [-0.3, -0.25) is 9.78 Å². The number of nitrogens with zero attached hydrogens (tertiary/aromatic N) is 2. The van der Waals surface area contributed by atoms with E-state index in [4.69, 9.17) is 0 Å². The summed E-state index contributed by atoms with van der Waals surface area (Å²) in [6, 6.07) is 3.85. The molecule has 1 fully saturated rings. The van der Waals surface area contributed by atoms with Crippen LogP contribution in [0.5, 0.6) is 0 Å². The van der Waals surface area contributed by atoms with Gasteiger partial charge in [0.15, 0.2) is 0 Å². The summed E-state index contributed by atoms with van der Waals surface area (Å²) < 4.78 is 28.9. The molecule has 7 nitrogen and oxygen atoms in total. The number of fused-ring (bicyclic) bond motifs is 1. The molecule has 1 aromatic carbocycles. The van der Waals surface area contributed by atoms with Crippen molar-refractivity contribution in [2.45, 2.75) is 25.9 Å². The number of hydrogen-bond donors (Lipinski definition) is 3. The fourth-order valence-corrected chi connectivity index (χ4v) is 4.07. The van der Waals surface area contributed by atoms with Gasteiger partial charge >= 0.3 is 5.97 Å². The average Bonchev–Trinajstić information content (AvgIpc) is 2.67. The second kappa shape index (κ2) is 8.60. The molecule has 0 amide bonds. The largest absolute Gasteiger partial charge is 0.477 e. The molecule has 1 aliphatic heterocycles. The summed E-state index contributed by atoms with van der Waals surface area (Å²) in [5, 5.41) is 12.5. The van der Waals surface area contributed by atoms with Gasteiger partial charge in [-0.15, -0.1) is 12.4 Å². The number of H-pyrrole nitrogens is 1. The Morgan fingerprint density at radius 2 is 1.90 bits per heavy atom. The van der Waals surface area contributed by atoms with Gasteiger partial charge in [-0.05, 0) is 32.0 Å². The van der Waals surface area contributed by atoms with E-state index >= 15 is 4.39 Å². The third kappa shape index (κ3) is 4.11. The maximum atomic E-state index is 15.4. The highest BCUT2D eigenvalue weighted by Gasteiger charge is 2.29. The molecule has 0 bridgehead atoms. The van der Waals surface area contributed by atoms with Crippen molar-refractivity contribution in [1.82, 2.24) is 15.3 Å². The SMILES string of the molecule is CC1CN(c2c(F)cc3c(=O)c(C(=O)O)c[nH]c3c2-c2ccc(F)cn2)CC(C)N1.Cl. The van der Waals surface area contributed by atoms with Gasteiger partial charge in [0.25, 0.3) is 0 Å². The van der Waals surface area contributed by atoms with Crippen molar-refractivity contribution >= 4 is 35.0 Å². The number of hydrogen-bond acceptors (Lipinski definition) is 5. The van der Waals surface area contributed by atoms with Crippen molar-refractivity contribution in [3.05, 3.63) is 58.0 Å². The number of carboxylic acids is 1. The molecular weight excluding hydrogens is 430 g/mol. The molecule has 0 saturated carbocycles. The van der Waals surface area contributed by atoms with Crippen molar-refractivity contribution in [3.8, 4) is 11.3 Å². The Bertz CT molecular complexity index is 1190. The average molecular weight is 451 g/mol. The molecule has 2 unspecified atom stereocenters. The third-order valence-electron chi connectivity index (χ3n) is 5.19. The van der Waals surface area contributed by atoms with Gasteiger partial charge in [-0.2, -0.15) is 0 Å². The standard InChI is InChI=1S/C21H20F2N4O3.ClH/c1-10-8-27(9-11(2)26-10)19-15(23)5-13-18(25-7-14(20(13)28)21(29)30)17(19)16-4-3-12(22)6-24-16;/h3-7,10-11,26H,8-9H2,1-2H3,(H,25,28)(H,29,30);1H. The number of nitrogens with one attached hydrogen (secondary N) is 2. The van der Waals surface area contributed by atoms with E-state index in [1.54, 1.807) is 0 Å². The van der Waals surface area contributed by atoms with Crippen molar-refractivity contribution in [2.24, 2.45) is 0 Å². The maximum Gasteiger partial charge on any atom is 0.341 e. The minimum absolute atomic E-state index is 0. The minimum atomic E-state index is -1.41. The van der Waals surface area contributed by atoms with Crippen molar-refractivity contribution in [3.63, 3.8) is 0 Å². The number of carbonyl (C=O) groups is 1. The molecule has 3 heterocycles. The number of aromatic carboxylic acids is 1. The van der Waals surface area contributed by atoms with E-state index in [2.05, 4.69) is 15.3 Å². The monoisotopic (exact) mass is 450 g/mol. The van der Waals surface area contributed by atoms with Crippen LogP contribution in [0.4, 0.5) is 14.5 Å². The molecule has 4 rings (SSSR count). The fourth-order valence-electron chi connectivity index (χ4n) is 4.07. The smallest absolute Gasteiger partial charge is 0.341 e. The number of aromatic nitrogens is 2. The number of piperazine rings is 1. The number of halogens is 3. The molecule has 2 atom stereocenters. The second-order valence-corrected chi connectivity index (χ2v) is 7.58. The Morgan fingerprint density at radius 3 is 2.48 bits per heavy atom. The zero-order valence-corrected chi connectivity index (χ0v) is 17.6. The number of aromatic amines is 1. The first-order valence-corrected chi connectivity index (χ1v) is 9.50. The third-order valence-corrected chi connectivity index (χ3v) is 5.19. The van der Waals surface area contributed by atoms with E-state index in [-0.39, 0.29) is 46.8 Å². The van der Waals surface area contributed by atoms with Crippen molar-refractivity contribution in [2.75, 3.05) is 18.0 Å². The molecule has 31 heavy (non-hydrogen) atoms. The molecule has 0 radical (unpaired) electrons. The van der Waals surface area contributed by atoms with Gasteiger partial charge in [0.2, 0.25) is 5.43 Å². The van der Waals surface area contributed by atoms with Crippen LogP contribution in [0.2, 0.25) is 0 Å². The molecule has 2 aromatic heterocycles. The summed E-state index contributed by atoms with van der Waals surface area (Å²) in [5.41, 5.74) is -0.238. The van der Waals surface area contributed by atoms with E-state index in [1.807, 2.05) is 18.7 Å². The van der Waals surface area contributed by atoms with Crippen LogP contribution in [-0.2, 0) is 0 Å². The molecule has 10 heteroatoms. The molecule has 1 saturated heterocycles. The Kier molecular flexibility index (Phi) is 6.28. The highest BCUT2D eigenvalue weighted by atomic mass is 35.5. The summed E-state index contributed by atoms with van der Waals surface area (Å²) >= 11 is 0. The number of carboxylic acid groups (broad SMARTS) is 1. The summed E-state index contributed by atoms with van der Waals surface area (Å²) in [6.07, 6.45) is 2.10. The molecule has 0 spiro atoms. The summed E-state index contributed by atoms with van der Waals surface area (Å²) in [6.45, 7) is 4.99. The summed E-state index contributed by atoms with van der Waals surface area (Å²) in [7, 11) is 0. The van der Waals surface area contributed by atoms with Crippen LogP contribution in [0.15, 0.2) is 35.4 Å². The van der Waals surface area contributed by atoms with Gasteiger partial charge < -0.3 is 20.3 Å². The number of benzene rings is 1. The Morgan fingerprint density at radius 1 is 1.23 bits per heavy atom. The van der Waals surface area contributed by atoms with Gasteiger partial charge in [0, 0.05) is 31.4 Å². The fraction of sp³-hybridized carbons (Fsp3) is 0.286. The first-order chi connectivity index (χ1) is 14.3. The van der Waals surface area contributed by atoms with Crippen LogP contribution in [0.1, 0.15) is 24.2 Å². The lowest BCUT2D eigenvalue weighted by atomic mass is 9.99. The lowest BCUT2D eigenvalue weighted by molar-refractivity contribution is 0.0695. The van der Waals surface area contributed by atoms with E-state index in [0.717, 1.165) is 18.5 Å². The topological polar surface area (TPSA) is 98.3 Å². The van der Waals surface area contributed by atoms with E-state index in [0.29, 0.717) is 18.7 Å². The minimum Gasteiger partial charge on any atom is -0.477 e. The van der Waals surface area contributed by atoms with Crippen molar-refractivity contribution in [1.29, 1.82) is 0 Å². The van der Waals surface area contributed by atoms with Gasteiger partial charge in [-0.25, -0.2) is 13.6 Å². The van der Waals surface area contributed by atoms with Crippen LogP contribution < -0.4 is 15.6 Å². The van der Waals surface area contributed by atoms with Crippen LogP contribution in [-0.4, -0.2) is 46.2 Å². The molecule has 1 aliphatic rings. The number of rotatable bonds is 3. The van der Waals surface area contributed by atoms with Crippen LogP contribution >= 0.6 is 12.4 Å². The summed E-state index contributed by atoms with van der Waals surface area (Å²) in [5.74, 6) is -2.63. The Balaban J connectivity index is 0.00000272. The Hall–Kier alpha value is -3.04.